The zero-order chi connectivity index (χ0) is 11.7. The average Bonchev–Trinajstić information content (AvgIpc) is 2.55. The smallest absolute Gasteiger partial charge is 0.128 e. The van der Waals surface area contributed by atoms with Crippen LogP contribution in [0.2, 0.25) is 0 Å². The van der Waals surface area contributed by atoms with E-state index in [4.69, 9.17) is 5.73 Å². The van der Waals surface area contributed by atoms with Crippen LogP contribution in [-0.4, -0.2) is 9.78 Å². The number of nitrogens with two attached hydrogens (primary N) is 1. The van der Waals surface area contributed by atoms with Gasteiger partial charge in [-0.25, -0.2) is 9.07 Å². The highest BCUT2D eigenvalue weighted by Crippen LogP contribution is 2.18. The van der Waals surface area contributed by atoms with Crippen molar-refractivity contribution in [2.24, 2.45) is 0 Å². The molecule has 84 valence electrons. The molecular formula is C11H11BrFN3. The van der Waals surface area contributed by atoms with Gasteiger partial charge in [0.25, 0.3) is 0 Å². The van der Waals surface area contributed by atoms with Crippen molar-refractivity contribution >= 4 is 21.7 Å². The topological polar surface area (TPSA) is 43.8 Å². The van der Waals surface area contributed by atoms with Crippen molar-refractivity contribution < 1.29 is 4.39 Å². The normalized spacial score (nSPS) is 10.7. The minimum absolute atomic E-state index is 0.254. The Morgan fingerprint density at radius 2 is 2.25 bits per heavy atom. The fourth-order valence-corrected chi connectivity index (χ4v) is 1.85. The minimum atomic E-state index is -0.254. The van der Waals surface area contributed by atoms with Crippen molar-refractivity contribution in [1.82, 2.24) is 9.78 Å². The van der Waals surface area contributed by atoms with E-state index in [-0.39, 0.29) is 5.82 Å². The number of anilines is 1. The molecule has 3 nitrogen and oxygen atoms in total. The number of aryl methyl sites for hydroxylation is 1. The zero-order valence-corrected chi connectivity index (χ0v) is 10.3. The Bertz CT molecular complexity index is 522. The first-order valence-corrected chi connectivity index (χ1v) is 5.59. The fourth-order valence-electron chi connectivity index (χ4n) is 1.44. The second-order valence-corrected chi connectivity index (χ2v) is 4.52. The summed E-state index contributed by atoms with van der Waals surface area (Å²) < 4.78 is 15.9. The molecule has 5 heteroatoms. The van der Waals surface area contributed by atoms with Crippen LogP contribution in [0.25, 0.3) is 0 Å². The number of nitrogen functional groups attached to an aromatic ring is 1. The molecule has 0 bridgehead atoms. The zero-order valence-electron chi connectivity index (χ0n) is 8.74. The quantitative estimate of drug-likeness (QED) is 0.921. The molecule has 1 aromatic heterocycles. The minimum Gasteiger partial charge on any atom is -0.384 e. The Balaban J connectivity index is 2.33. The van der Waals surface area contributed by atoms with Gasteiger partial charge in [-0.05, 0) is 25.1 Å². The van der Waals surface area contributed by atoms with Gasteiger partial charge in [0.1, 0.15) is 11.6 Å². The molecule has 0 radical (unpaired) electrons. The number of benzene rings is 1. The molecule has 16 heavy (non-hydrogen) atoms. The molecule has 0 amide bonds. The van der Waals surface area contributed by atoms with Gasteiger partial charge in [0, 0.05) is 15.6 Å². The summed E-state index contributed by atoms with van der Waals surface area (Å²) in [4.78, 5) is 0. The molecular weight excluding hydrogens is 273 g/mol. The highest BCUT2D eigenvalue weighted by Gasteiger charge is 2.07. The van der Waals surface area contributed by atoms with Crippen molar-refractivity contribution in [1.29, 1.82) is 0 Å². The standard InChI is InChI=1S/C11H11BrFN3/c1-7-5-15-16(11(7)14)6-8-4-9(12)2-3-10(8)13/h2-5H,6,14H2,1H3. The van der Waals surface area contributed by atoms with Crippen LogP contribution < -0.4 is 5.73 Å². The summed E-state index contributed by atoms with van der Waals surface area (Å²) in [5, 5.41) is 4.09. The third-order valence-corrected chi connectivity index (χ3v) is 2.89. The van der Waals surface area contributed by atoms with E-state index in [0.29, 0.717) is 17.9 Å². The number of nitrogens with zero attached hydrogens (tertiary/aromatic N) is 2. The highest BCUT2D eigenvalue weighted by atomic mass is 79.9. The van der Waals surface area contributed by atoms with Crippen LogP contribution in [-0.2, 0) is 6.54 Å². The third kappa shape index (κ3) is 2.09. The Hall–Kier alpha value is -1.36. The van der Waals surface area contributed by atoms with E-state index >= 15 is 0 Å². The molecule has 1 aromatic carbocycles. The summed E-state index contributed by atoms with van der Waals surface area (Å²) in [6.07, 6.45) is 1.67. The number of halogens is 2. The van der Waals surface area contributed by atoms with Gasteiger partial charge in [-0.3, -0.25) is 0 Å². The van der Waals surface area contributed by atoms with Crippen molar-refractivity contribution in [3.05, 3.63) is 45.8 Å². The van der Waals surface area contributed by atoms with Crippen LogP contribution in [0.1, 0.15) is 11.1 Å². The molecule has 1 heterocycles. The molecule has 0 aliphatic carbocycles. The van der Waals surface area contributed by atoms with Gasteiger partial charge in [0.2, 0.25) is 0 Å². The Labute approximate surface area is 101 Å². The predicted molar refractivity (Wildman–Crippen MR) is 64.6 cm³/mol. The first kappa shape index (κ1) is 11.1. The highest BCUT2D eigenvalue weighted by molar-refractivity contribution is 9.10. The number of hydrogen-bond acceptors (Lipinski definition) is 2. The second kappa shape index (κ2) is 4.25. The van der Waals surface area contributed by atoms with Gasteiger partial charge in [-0.1, -0.05) is 15.9 Å². The Kier molecular flexibility index (Phi) is 2.96. The van der Waals surface area contributed by atoms with E-state index in [1.165, 1.54) is 6.07 Å². The second-order valence-electron chi connectivity index (χ2n) is 3.61. The summed E-state index contributed by atoms with van der Waals surface area (Å²) in [7, 11) is 0. The number of hydrogen-bond donors (Lipinski definition) is 1. The largest absolute Gasteiger partial charge is 0.384 e. The van der Waals surface area contributed by atoms with Gasteiger partial charge < -0.3 is 5.73 Å². The van der Waals surface area contributed by atoms with Gasteiger partial charge in [0.05, 0.1) is 12.7 Å². The maximum atomic E-state index is 13.5. The fraction of sp³-hybridized carbons (Fsp3) is 0.182. The third-order valence-electron chi connectivity index (χ3n) is 2.40. The van der Waals surface area contributed by atoms with Gasteiger partial charge >= 0.3 is 0 Å². The lowest BCUT2D eigenvalue weighted by atomic mass is 10.2. The summed E-state index contributed by atoms with van der Waals surface area (Å²) in [6.45, 7) is 2.21. The van der Waals surface area contributed by atoms with Crippen LogP contribution in [0.5, 0.6) is 0 Å². The maximum Gasteiger partial charge on any atom is 0.128 e. The number of aromatic nitrogens is 2. The lowest BCUT2D eigenvalue weighted by Gasteiger charge is -2.06. The maximum absolute atomic E-state index is 13.5. The summed E-state index contributed by atoms with van der Waals surface area (Å²) in [6, 6.07) is 4.81. The summed E-state index contributed by atoms with van der Waals surface area (Å²) in [5.74, 6) is 0.315. The molecule has 0 spiro atoms. The van der Waals surface area contributed by atoms with Crippen molar-refractivity contribution in [2.75, 3.05) is 5.73 Å². The van der Waals surface area contributed by atoms with Gasteiger partial charge in [0.15, 0.2) is 0 Å². The van der Waals surface area contributed by atoms with E-state index in [9.17, 15) is 4.39 Å². The van der Waals surface area contributed by atoms with E-state index in [2.05, 4.69) is 21.0 Å². The molecule has 0 atom stereocenters. The van der Waals surface area contributed by atoms with E-state index < -0.39 is 0 Å². The van der Waals surface area contributed by atoms with Crippen molar-refractivity contribution in [3.8, 4) is 0 Å². The van der Waals surface area contributed by atoms with Gasteiger partial charge in [-0.2, -0.15) is 5.10 Å². The van der Waals surface area contributed by atoms with E-state index in [1.807, 2.05) is 6.92 Å². The molecule has 0 aliphatic rings. The Morgan fingerprint density at radius 3 is 2.88 bits per heavy atom. The predicted octanol–water partition coefficient (Wildman–Crippen LogP) is 2.72. The van der Waals surface area contributed by atoms with E-state index in [1.54, 1.807) is 23.0 Å². The molecule has 2 N–H and O–H groups in total. The summed E-state index contributed by atoms with van der Waals surface area (Å²) in [5.41, 5.74) is 7.26. The molecule has 0 unspecified atom stereocenters. The summed E-state index contributed by atoms with van der Waals surface area (Å²) >= 11 is 3.31. The van der Waals surface area contributed by atoms with E-state index in [0.717, 1.165) is 10.0 Å². The van der Waals surface area contributed by atoms with Crippen molar-refractivity contribution in [2.45, 2.75) is 13.5 Å². The SMILES string of the molecule is Cc1cnn(Cc2cc(Br)ccc2F)c1N. The Morgan fingerprint density at radius 1 is 1.50 bits per heavy atom. The lowest BCUT2D eigenvalue weighted by molar-refractivity contribution is 0.587. The molecule has 2 rings (SSSR count). The molecule has 0 saturated carbocycles. The first-order valence-electron chi connectivity index (χ1n) is 4.79. The monoisotopic (exact) mass is 283 g/mol. The van der Waals surface area contributed by atoms with Crippen LogP contribution in [0.3, 0.4) is 0 Å². The first-order chi connectivity index (χ1) is 7.58. The van der Waals surface area contributed by atoms with Crippen LogP contribution in [0, 0.1) is 12.7 Å². The van der Waals surface area contributed by atoms with Crippen LogP contribution in [0.15, 0.2) is 28.9 Å². The molecule has 2 aromatic rings. The molecule has 0 aliphatic heterocycles. The molecule has 0 saturated heterocycles. The van der Waals surface area contributed by atoms with Gasteiger partial charge in [-0.15, -0.1) is 0 Å². The molecule has 0 fully saturated rings. The average molecular weight is 284 g/mol. The lowest BCUT2D eigenvalue weighted by Crippen LogP contribution is -2.07. The number of rotatable bonds is 2. The van der Waals surface area contributed by atoms with Crippen LogP contribution in [0.4, 0.5) is 10.2 Å². The van der Waals surface area contributed by atoms with Crippen LogP contribution >= 0.6 is 15.9 Å². The van der Waals surface area contributed by atoms with Crippen molar-refractivity contribution in [3.63, 3.8) is 0 Å².